The first-order valence-corrected chi connectivity index (χ1v) is 8.00. The number of hydrogen-bond acceptors (Lipinski definition) is 4. The minimum atomic E-state index is -0.0532. The highest BCUT2D eigenvalue weighted by Crippen LogP contribution is 2.20. The van der Waals surface area contributed by atoms with Gasteiger partial charge in [-0.15, -0.1) is 0 Å². The summed E-state index contributed by atoms with van der Waals surface area (Å²) in [5, 5.41) is 2.97. The quantitative estimate of drug-likeness (QED) is 0.719. The number of amides is 1. The van der Waals surface area contributed by atoms with E-state index < -0.39 is 0 Å². The number of hydrogen-bond donors (Lipinski definition) is 2. The predicted molar refractivity (Wildman–Crippen MR) is 86.2 cm³/mol. The van der Waals surface area contributed by atoms with Crippen molar-refractivity contribution in [1.29, 1.82) is 0 Å². The van der Waals surface area contributed by atoms with E-state index in [4.69, 9.17) is 15.2 Å². The maximum atomic E-state index is 12.2. The molecule has 1 fully saturated rings. The number of nitrogens with one attached hydrogen (secondary N) is 1. The predicted octanol–water partition coefficient (Wildman–Crippen LogP) is 1.88. The van der Waals surface area contributed by atoms with Gasteiger partial charge in [0, 0.05) is 25.3 Å². The first-order chi connectivity index (χ1) is 10.7. The first kappa shape index (κ1) is 16.8. The molecule has 1 aliphatic rings. The Labute approximate surface area is 132 Å². The fourth-order valence-corrected chi connectivity index (χ4v) is 2.47. The largest absolute Gasteiger partial charge is 0.493 e. The summed E-state index contributed by atoms with van der Waals surface area (Å²) in [5.74, 6) is 1.28. The Kier molecular flexibility index (Phi) is 6.68. The Morgan fingerprint density at radius 1 is 1.50 bits per heavy atom. The summed E-state index contributed by atoms with van der Waals surface area (Å²) in [7, 11) is 0. The highest BCUT2D eigenvalue weighted by molar-refractivity contribution is 5.94. The topological polar surface area (TPSA) is 73.6 Å². The highest BCUT2D eigenvalue weighted by atomic mass is 16.5. The lowest BCUT2D eigenvalue weighted by atomic mass is 10.1. The monoisotopic (exact) mass is 306 g/mol. The van der Waals surface area contributed by atoms with Gasteiger partial charge in [0.1, 0.15) is 5.75 Å². The van der Waals surface area contributed by atoms with Gasteiger partial charge in [-0.1, -0.05) is 6.07 Å². The lowest BCUT2D eigenvalue weighted by molar-refractivity contribution is 0.0950. The fraction of sp³-hybridized carbons (Fsp3) is 0.588. The van der Waals surface area contributed by atoms with Crippen molar-refractivity contribution in [1.82, 2.24) is 5.32 Å². The Hall–Kier alpha value is -1.59. The average molecular weight is 306 g/mol. The second-order valence-corrected chi connectivity index (χ2v) is 5.75. The highest BCUT2D eigenvalue weighted by Gasteiger charge is 2.16. The zero-order valence-electron chi connectivity index (χ0n) is 13.3. The summed E-state index contributed by atoms with van der Waals surface area (Å²) in [6.45, 7) is 5.50. The smallest absolute Gasteiger partial charge is 0.251 e. The molecule has 1 aromatic carbocycles. The Morgan fingerprint density at radius 2 is 2.36 bits per heavy atom. The van der Waals surface area contributed by atoms with Crippen LogP contribution in [-0.4, -0.2) is 38.8 Å². The van der Waals surface area contributed by atoms with Crippen LogP contribution >= 0.6 is 0 Å². The summed E-state index contributed by atoms with van der Waals surface area (Å²) in [6, 6.07) is 5.55. The van der Waals surface area contributed by atoms with E-state index in [0.717, 1.165) is 43.8 Å². The molecule has 5 nitrogen and oxygen atoms in total. The van der Waals surface area contributed by atoms with Gasteiger partial charge >= 0.3 is 0 Å². The number of nitrogens with two attached hydrogens (primary N) is 1. The van der Waals surface area contributed by atoms with E-state index in [9.17, 15) is 4.79 Å². The van der Waals surface area contributed by atoms with Crippen LogP contribution in [0.15, 0.2) is 18.2 Å². The van der Waals surface area contributed by atoms with Gasteiger partial charge in [0.15, 0.2) is 0 Å². The summed E-state index contributed by atoms with van der Waals surface area (Å²) in [4.78, 5) is 12.2. The van der Waals surface area contributed by atoms with E-state index in [1.807, 2.05) is 19.1 Å². The molecule has 1 heterocycles. The molecule has 5 heteroatoms. The Balaban J connectivity index is 1.84. The molecule has 2 rings (SSSR count). The molecule has 0 spiro atoms. The summed E-state index contributed by atoms with van der Waals surface area (Å²) in [5.41, 5.74) is 7.12. The van der Waals surface area contributed by atoms with E-state index in [1.54, 1.807) is 6.07 Å². The van der Waals surface area contributed by atoms with Crippen LogP contribution in [0.1, 0.15) is 35.2 Å². The molecule has 1 amide bonds. The first-order valence-electron chi connectivity index (χ1n) is 8.00. The molecule has 0 radical (unpaired) electrons. The molecular formula is C17H26N2O3. The van der Waals surface area contributed by atoms with Gasteiger partial charge in [-0.3, -0.25) is 4.79 Å². The molecule has 122 valence electrons. The van der Waals surface area contributed by atoms with Gasteiger partial charge < -0.3 is 20.5 Å². The molecular weight excluding hydrogens is 280 g/mol. The molecule has 1 aromatic rings. The number of rotatable bonds is 8. The van der Waals surface area contributed by atoms with Crippen LogP contribution in [0.25, 0.3) is 0 Å². The van der Waals surface area contributed by atoms with E-state index in [0.29, 0.717) is 31.2 Å². The van der Waals surface area contributed by atoms with Crippen LogP contribution in [0, 0.1) is 12.8 Å². The molecule has 0 aromatic heterocycles. The lowest BCUT2D eigenvalue weighted by Crippen LogP contribution is -2.26. The molecule has 0 aliphatic carbocycles. The van der Waals surface area contributed by atoms with Crippen LogP contribution in [0.2, 0.25) is 0 Å². The third-order valence-electron chi connectivity index (χ3n) is 3.92. The third kappa shape index (κ3) is 5.00. The maximum Gasteiger partial charge on any atom is 0.251 e. The third-order valence-corrected chi connectivity index (χ3v) is 3.92. The number of carbonyl (C=O) groups excluding carboxylic acids is 1. The number of carbonyl (C=O) groups is 1. The van der Waals surface area contributed by atoms with Crippen LogP contribution in [0.5, 0.6) is 5.75 Å². The van der Waals surface area contributed by atoms with Crippen LogP contribution < -0.4 is 15.8 Å². The van der Waals surface area contributed by atoms with Crippen LogP contribution in [0.3, 0.4) is 0 Å². The summed E-state index contributed by atoms with van der Waals surface area (Å²) in [6.07, 6.45) is 2.87. The SMILES string of the molecule is Cc1ccc(C(=O)NCC[C@@H]2CCOC2)cc1OCCCN. The van der Waals surface area contributed by atoms with Crippen molar-refractivity contribution in [3.05, 3.63) is 29.3 Å². The van der Waals surface area contributed by atoms with Gasteiger partial charge in [0.25, 0.3) is 5.91 Å². The van der Waals surface area contributed by atoms with Crippen molar-refractivity contribution in [2.75, 3.05) is 32.9 Å². The zero-order chi connectivity index (χ0) is 15.8. The van der Waals surface area contributed by atoms with Crippen molar-refractivity contribution in [3.63, 3.8) is 0 Å². The maximum absolute atomic E-state index is 12.2. The number of benzene rings is 1. The minimum Gasteiger partial charge on any atom is -0.493 e. The van der Waals surface area contributed by atoms with Crippen molar-refractivity contribution in [3.8, 4) is 5.75 Å². The molecule has 22 heavy (non-hydrogen) atoms. The van der Waals surface area contributed by atoms with Crippen LogP contribution in [0.4, 0.5) is 0 Å². The van der Waals surface area contributed by atoms with E-state index >= 15 is 0 Å². The van der Waals surface area contributed by atoms with Gasteiger partial charge in [-0.25, -0.2) is 0 Å². The van der Waals surface area contributed by atoms with Gasteiger partial charge in [0.05, 0.1) is 6.61 Å². The van der Waals surface area contributed by atoms with Crippen molar-refractivity contribution in [2.24, 2.45) is 11.7 Å². The summed E-state index contributed by atoms with van der Waals surface area (Å²) < 4.78 is 11.0. The molecule has 3 N–H and O–H groups in total. The van der Waals surface area contributed by atoms with Crippen molar-refractivity contribution < 1.29 is 14.3 Å². The zero-order valence-corrected chi connectivity index (χ0v) is 13.3. The molecule has 0 unspecified atom stereocenters. The Bertz CT molecular complexity index is 485. The van der Waals surface area contributed by atoms with Gasteiger partial charge in [0.2, 0.25) is 0 Å². The molecule has 1 aliphatic heterocycles. The van der Waals surface area contributed by atoms with Crippen molar-refractivity contribution >= 4 is 5.91 Å². The number of aryl methyl sites for hydroxylation is 1. The minimum absolute atomic E-state index is 0.0532. The molecule has 0 bridgehead atoms. The standard InChI is InChI=1S/C17H26N2O3/c1-13-3-4-15(11-16(13)22-9-2-7-18)17(20)19-8-5-14-6-10-21-12-14/h3-4,11,14H,2,5-10,12,18H2,1H3,(H,19,20)/t14-/m1/s1. The number of ether oxygens (including phenoxy) is 2. The van der Waals surface area contributed by atoms with Crippen LogP contribution in [-0.2, 0) is 4.74 Å². The van der Waals surface area contributed by atoms with Gasteiger partial charge in [-0.2, -0.15) is 0 Å². The Morgan fingerprint density at radius 3 is 3.09 bits per heavy atom. The normalized spacial score (nSPS) is 17.5. The summed E-state index contributed by atoms with van der Waals surface area (Å²) >= 11 is 0. The average Bonchev–Trinajstić information content (AvgIpc) is 3.02. The molecule has 1 atom stereocenters. The van der Waals surface area contributed by atoms with E-state index in [1.165, 1.54) is 0 Å². The fourth-order valence-electron chi connectivity index (χ4n) is 2.47. The lowest BCUT2D eigenvalue weighted by Gasteiger charge is -2.12. The van der Waals surface area contributed by atoms with E-state index in [-0.39, 0.29) is 5.91 Å². The van der Waals surface area contributed by atoms with Crippen molar-refractivity contribution in [2.45, 2.75) is 26.2 Å². The van der Waals surface area contributed by atoms with Gasteiger partial charge in [-0.05, 0) is 56.3 Å². The van der Waals surface area contributed by atoms with E-state index in [2.05, 4.69) is 5.32 Å². The second-order valence-electron chi connectivity index (χ2n) is 5.75. The second kappa shape index (κ2) is 8.76. The molecule has 1 saturated heterocycles. The molecule has 0 saturated carbocycles.